The number of rotatable bonds is 12. The predicted octanol–water partition coefficient (Wildman–Crippen LogP) is 5.14. The van der Waals surface area contributed by atoms with Crippen molar-refractivity contribution in [3.63, 3.8) is 0 Å². The Labute approximate surface area is 271 Å². The van der Waals surface area contributed by atoms with Gasteiger partial charge in [0.1, 0.15) is 34.1 Å². The van der Waals surface area contributed by atoms with Crippen LogP contribution in [0.1, 0.15) is 59.8 Å². The molecule has 4 N–H and O–H groups in total. The number of hydrogen-bond acceptors (Lipinski definition) is 7. The Morgan fingerprint density at radius 3 is 2.50 bits per heavy atom. The Hall–Kier alpha value is -4.79. The van der Waals surface area contributed by atoms with Crippen LogP contribution >= 0.6 is 0 Å². The average molecular weight is 674 g/mol. The van der Waals surface area contributed by atoms with Crippen LogP contribution in [0.4, 0.5) is 22.0 Å². The summed E-state index contributed by atoms with van der Waals surface area (Å²) in [6, 6.07) is 6.65. The van der Waals surface area contributed by atoms with Gasteiger partial charge in [-0.1, -0.05) is 0 Å². The molecule has 10 nitrogen and oxygen atoms in total. The summed E-state index contributed by atoms with van der Waals surface area (Å²) in [5.74, 6) is -4.69. The first-order valence-electron chi connectivity index (χ1n) is 15.3. The smallest absolute Gasteiger partial charge is 0.419 e. The minimum absolute atomic E-state index is 0.0368. The number of carbonyl (C=O) groups is 2. The van der Waals surface area contributed by atoms with Crippen molar-refractivity contribution in [3.8, 4) is 22.8 Å². The van der Waals surface area contributed by atoms with E-state index in [1.165, 1.54) is 36.2 Å². The van der Waals surface area contributed by atoms with Gasteiger partial charge in [-0.2, -0.15) is 18.3 Å². The lowest BCUT2D eigenvalue weighted by Crippen LogP contribution is -2.43. The molecule has 2 aromatic heterocycles. The summed E-state index contributed by atoms with van der Waals surface area (Å²) in [5, 5.41) is 19.6. The molecule has 2 aliphatic carbocycles. The van der Waals surface area contributed by atoms with Gasteiger partial charge >= 0.3 is 6.18 Å². The molecule has 0 spiro atoms. The van der Waals surface area contributed by atoms with Gasteiger partial charge in [-0.25, -0.2) is 18.4 Å². The van der Waals surface area contributed by atoms with Crippen molar-refractivity contribution >= 4 is 22.7 Å². The van der Waals surface area contributed by atoms with E-state index in [-0.39, 0.29) is 52.7 Å². The summed E-state index contributed by atoms with van der Waals surface area (Å²) < 4.78 is 82.3. The molecule has 2 fully saturated rings. The molecular formula is C33H32F5N5O5. The van der Waals surface area contributed by atoms with Crippen LogP contribution in [0.2, 0.25) is 0 Å². The summed E-state index contributed by atoms with van der Waals surface area (Å²) in [6.07, 6.45) is -2.21. The Morgan fingerprint density at radius 1 is 1.17 bits per heavy atom. The van der Waals surface area contributed by atoms with E-state index in [2.05, 4.69) is 15.4 Å². The van der Waals surface area contributed by atoms with E-state index in [1.54, 1.807) is 6.92 Å². The number of primary amides is 1. The van der Waals surface area contributed by atoms with Crippen molar-refractivity contribution in [1.82, 2.24) is 20.1 Å². The first-order chi connectivity index (χ1) is 22.7. The second kappa shape index (κ2) is 12.0. The fourth-order valence-electron chi connectivity index (χ4n) is 5.77. The van der Waals surface area contributed by atoms with Crippen LogP contribution in [0.5, 0.6) is 11.5 Å². The van der Waals surface area contributed by atoms with Crippen LogP contribution in [0, 0.1) is 11.7 Å². The molecule has 0 radical (unpaired) electrons. The van der Waals surface area contributed by atoms with Gasteiger partial charge in [-0.05, 0) is 62.1 Å². The zero-order valence-corrected chi connectivity index (χ0v) is 26.0. The Morgan fingerprint density at radius 2 is 1.90 bits per heavy atom. The van der Waals surface area contributed by atoms with E-state index < -0.39 is 53.1 Å². The molecule has 2 saturated carbocycles. The maximum Gasteiger partial charge on any atom is 0.419 e. The molecule has 0 bridgehead atoms. The predicted molar refractivity (Wildman–Crippen MR) is 162 cm³/mol. The third-order valence-electron chi connectivity index (χ3n) is 8.59. The SMILES string of the molecule is CCOc1c(CC(N)=O)cc([C@@](O)(CNC(=O)c2cc(OC)c3nn(C4(F)CC4)cc3c2)C2CC2)nc1-c1ccc(F)c(C(F)(F)F)c1. The molecule has 0 saturated heterocycles. The molecule has 48 heavy (non-hydrogen) atoms. The Kier molecular flexibility index (Phi) is 8.30. The zero-order chi connectivity index (χ0) is 34.6. The van der Waals surface area contributed by atoms with E-state index in [0.29, 0.717) is 48.7 Å². The number of carbonyl (C=O) groups excluding carboxylic acids is 2. The molecule has 0 unspecified atom stereocenters. The van der Waals surface area contributed by atoms with E-state index in [1.807, 2.05) is 0 Å². The van der Waals surface area contributed by atoms with E-state index in [9.17, 15) is 36.6 Å². The molecule has 6 rings (SSSR count). The first kappa shape index (κ1) is 33.1. The van der Waals surface area contributed by atoms with Crippen LogP contribution in [-0.2, 0) is 28.8 Å². The number of alkyl halides is 4. The topological polar surface area (TPSA) is 142 Å². The number of benzene rings is 2. The lowest BCUT2D eigenvalue weighted by Gasteiger charge is -2.30. The largest absolute Gasteiger partial charge is 0.494 e. The molecular weight excluding hydrogens is 641 g/mol. The lowest BCUT2D eigenvalue weighted by atomic mass is 9.90. The first-order valence-corrected chi connectivity index (χ1v) is 15.3. The number of halogens is 5. The van der Waals surface area contributed by atoms with Crippen molar-refractivity contribution in [2.45, 2.75) is 56.6 Å². The second-order valence-corrected chi connectivity index (χ2v) is 12.1. The molecule has 2 aliphatic rings. The van der Waals surface area contributed by atoms with Gasteiger partial charge in [-0.15, -0.1) is 0 Å². The maximum atomic E-state index is 14.7. The molecule has 1 atom stereocenters. The highest BCUT2D eigenvalue weighted by Gasteiger charge is 2.48. The minimum Gasteiger partial charge on any atom is -0.494 e. The van der Waals surface area contributed by atoms with Gasteiger partial charge in [0, 0.05) is 41.1 Å². The Bertz CT molecular complexity index is 1920. The van der Waals surface area contributed by atoms with Crippen molar-refractivity contribution in [2.24, 2.45) is 11.7 Å². The van der Waals surface area contributed by atoms with Crippen LogP contribution in [0.15, 0.2) is 42.6 Å². The van der Waals surface area contributed by atoms with Crippen LogP contribution < -0.4 is 20.5 Å². The maximum absolute atomic E-state index is 14.7. The molecule has 2 aromatic carbocycles. The summed E-state index contributed by atoms with van der Waals surface area (Å²) in [7, 11) is 1.39. The number of methoxy groups -OCH3 is 1. The standard InChI is InChI=1S/C33H32F5N5O5/c1-3-48-29-18(14-26(39)44)13-25(41-28(29)17-4-7-23(34)22(11-17)33(36,37)38)32(46,21-5-6-21)16-40-30(45)19-10-20-15-43(31(35)8-9-31)42-27(20)24(12-19)47-2/h4,7,10-13,15,21,46H,3,5-6,8-9,14,16H2,1-2H3,(H2,39,44)(H,40,45)/t32-/m1/s1. The number of nitrogens with two attached hydrogens (primary N) is 1. The lowest BCUT2D eigenvalue weighted by molar-refractivity contribution is -0.140. The number of aliphatic hydroxyl groups is 1. The number of amides is 2. The summed E-state index contributed by atoms with van der Waals surface area (Å²) in [4.78, 5) is 30.1. The highest BCUT2D eigenvalue weighted by atomic mass is 19.4. The Balaban J connectivity index is 1.39. The van der Waals surface area contributed by atoms with Crippen molar-refractivity contribution in [3.05, 3.63) is 70.8 Å². The number of hydrogen-bond donors (Lipinski definition) is 3. The number of pyridine rings is 1. The quantitative estimate of drug-likeness (QED) is 0.177. The normalized spacial score (nSPS) is 16.8. The van der Waals surface area contributed by atoms with Gasteiger partial charge in [0.25, 0.3) is 5.91 Å². The molecule has 2 amide bonds. The highest BCUT2D eigenvalue weighted by molar-refractivity contribution is 6.00. The fourth-order valence-corrected chi connectivity index (χ4v) is 5.77. The van der Waals surface area contributed by atoms with Crippen LogP contribution in [0.3, 0.4) is 0 Å². The van der Waals surface area contributed by atoms with Gasteiger partial charge in [0.05, 0.1) is 37.9 Å². The number of nitrogens with zero attached hydrogens (tertiary/aromatic N) is 3. The molecule has 254 valence electrons. The molecule has 2 heterocycles. The van der Waals surface area contributed by atoms with E-state index in [0.717, 1.165) is 6.07 Å². The van der Waals surface area contributed by atoms with Gasteiger partial charge in [0.2, 0.25) is 11.7 Å². The average Bonchev–Trinajstić information content (AvgIpc) is 3.97. The number of nitrogens with one attached hydrogen (secondary N) is 1. The van der Waals surface area contributed by atoms with Crippen molar-refractivity contribution < 1.29 is 46.1 Å². The summed E-state index contributed by atoms with van der Waals surface area (Å²) in [6.45, 7) is 1.28. The van der Waals surface area contributed by atoms with E-state index >= 15 is 0 Å². The van der Waals surface area contributed by atoms with Crippen molar-refractivity contribution in [1.29, 1.82) is 0 Å². The van der Waals surface area contributed by atoms with Gasteiger partial charge < -0.3 is 25.6 Å². The third-order valence-corrected chi connectivity index (χ3v) is 8.59. The number of ether oxygens (including phenoxy) is 2. The van der Waals surface area contributed by atoms with Crippen LogP contribution in [-0.4, -0.2) is 51.9 Å². The second-order valence-electron chi connectivity index (χ2n) is 12.1. The summed E-state index contributed by atoms with van der Waals surface area (Å²) >= 11 is 0. The number of aromatic nitrogens is 3. The summed E-state index contributed by atoms with van der Waals surface area (Å²) in [5.41, 5.74) is 2.37. The zero-order valence-electron chi connectivity index (χ0n) is 26.0. The molecule has 0 aliphatic heterocycles. The van der Waals surface area contributed by atoms with Gasteiger partial charge in [-0.3, -0.25) is 9.59 Å². The molecule has 4 aromatic rings. The van der Waals surface area contributed by atoms with E-state index in [4.69, 9.17) is 15.2 Å². The van der Waals surface area contributed by atoms with Crippen LogP contribution in [0.25, 0.3) is 22.2 Å². The highest BCUT2D eigenvalue weighted by Crippen LogP contribution is 2.48. The number of fused-ring (bicyclic) bond motifs is 1. The fraction of sp³-hybridized carbons (Fsp3) is 0.394. The van der Waals surface area contributed by atoms with Gasteiger partial charge in [0.15, 0.2) is 0 Å². The monoisotopic (exact) mass is 673 g/mol. The minimum atomic E-state index is -5.02. The van der Waals surface area contributed by atoms with Crippen molar-refractivity contribution in [2.75, 3.05) is 20.3 Å². The molecule has 15 heteroatoms. The third kappa shape index (κ3) is 6.25.